The molecule has 8 nitrogen and oxygen atoms in total. The van der Waals surface area contributed by atoms with Crippen molar-refractivity contribution < 1.29 is 4.92 Å². The van der Waals surface area contributed by atoms with E-state index in [-0.39, 0.29) is 23.8 Å². The molecule has 4 aromatic rings. The standard InChI is InChI=1S/C22H17N5O3.ClH/c1-15-6-5-9-17(14-15)23-24-21-20(16-7-3-2-4-8-16)25-26(22(21)28)18-10-12-19(13-11-18)27(29)30;/h2-14,25H,1H3;1H. The molecule has 0 amide bonds. The number of aromatic nitrogens is 2. The third-order valence-corrected chi connectivity index (χ3v) is 4.51. The Kier molecular flexibility index (Phi) is 6.42. The topological polar surface area (TPSA) is 106 Å². The summed E-state index contributed by atoms with van der Waals surface area (Å²) in [6.45, 7) is 1.95. The zero-order valence-corrected chi connectivity index (χ0v) is 17.2. The summed E-state index contributed by atoms with van der Waals surface area (Å²) in [5.74, 6) is 0. The maximum absolute atomic E-state index is 13.1. The quantitative estimate of drug-likeness (QED) is 0.240. The molecule has 4 rings (SSSR count). The van der Waals surface area contributed by atoms with Crippen LogP contribution in [-0.4, -0.2) is 14.7 Å². The van der Waals surface area contributed by atoms with Gasteiger partial charge in [-0.2, -0.15) is 5.11 Å². The first kappa shape index (κ1) is 21.7. The average Bonchev–Trinajstić information content (AvgIpc) is 3.09. The fourth-order valence-electron chi connectivity index (χ4n) is 3.03. The summed E-state index contributed by atoms with van der Waals surface area (Å²) < 4.78 is 1.30. The molecule has 0 radical (unpaired) electrons. The number of hydrogen-bond acceptors (Lipinski definition) is 5. The van der Waals surface area contributed by atoms with Crippen molar-refractivity contribution in [2.45, 2.75) is 6.92 Å². The molecule has 31 heavy (non-hydrogen) atoms. The summed E-state index contributed by atoms with van der Waals surface area (Å²) in [6, 6.07) is 22.5. The van der Waals surface area contributed by atoms with Crippen LogP contribution in [0, 0.1) is 17.0 Å². The van der Waals surface area contributed by atoms with Gasteiger partial charge in [-0.05, 0) is 36.8 Å². The Morgan fingerprint density at radius 2 is 1.65 bits per heavy atom. The highest BCUT2D eigenvalue weighted by Gasteiger charge is 2.17. The number of H-pyrrole nitrogens is 1. The molecular weight excluding hydrogens is 418 g/mol. The number of nitro benzene ring substituents is 1. The fraction of sp³-hybridized carbons (Fsp3) is 0.0455. The van der Waals surface area contributed by atoms with Gasteiger partial charge in [-0.3, -0.25) is 20.0 Å². The largest absolute Gasteiger partial charge is 0.299 e. The van der Waals surface area contributed by atoms with E-state index in [0.29, 0.717) is 17.1 Å². The van der Waals surface area contributed by atoms with Gasteiger partial charge in [0.1, 0.15) is 0 Å². The van der Waals surface area contributed by atoms with Crippen LogP contribution in [0.4, 0.5) is 17.1 Å². The van der Waals surface area contributed by atoms with E-state index in [4.69, 9.17) is 0 Å². The maximum Gasteiger partial charge on any atom is 0.299 e. The van der Waals surface area contributed by atoms with Crippen molar-refractivity contribution in [1.82, 2.24) is 9.78 Å². The molecule has 0 saturated heterocycles. The fourth-order valence-corrected chi connectivity index (χ4v) is 3.03. The number of aromatic amines is 1. The second kappa shape index (κ2) is 9.19. The smallest absolute Gasteiger partial charge is 0.288 e. The number of nitrogens with zero attached hydrogens (tertiary/aromatic N) is 4. The van der Waals surface area contributed by atoms with Gasteiger partial charge in [0.05, 0.1) is 22.0 Å². The van der Waals surface area contributed by atoms with Gasteiger partial charge in [0, 0.05) is 17.7 Å². The van der Waals surface area contributed by atoms with E-state index in [1.54, 1.807) is 6.07 Å². The third kappa shape index (κ3) is 4.59. The Bertz CT molecular complexity index is 1290. The minimum absolute atomic E-state index is 0. The van der Waals surface area contributed by atoms with Crippen LogP contribution in [0.25, 0.3) is 16.9 Å². The number of rotatable bonds is 5. The molecule has 0 fully saturated rings. The number of non-ortho nitro benzene ring substituents is 1. The van der Waals surface area contributed by atoms with Gasteiger partial charge in [-0.1, -0.05) is 42.5 Å². The van der Waals surface area contributed by atoms with Crippen molar-refractivity contribution in [3.63, 3.8) is 0 Å². The first-order valence-electron chi connectivity index (χ1n) is 9.16. The molecule has 0 aliphatic rings. The molecule has 0 aliphatic carbocycles. The molecule has 0 unspecified atom stereocenters. The minimum atomic E-state index is -0.488. The van der Waals surface area contributed by atoms with Gasteiger partial charge >= 0.3 is 0 Å². The number of nitro groups is 1. The van der Waals surface area contributed by atoms with Crippen LogP contribution >= 0.6 is 12.4 Å². The molecule has 0 aliphatic heterocycles. The molecule has 0 spiro atoms. The highest BCUT2D eigenvalue weighted by Crippen LogP contribution is 2.28. The lowest BCUT2D eigenvalue weighted by atomic mass is 10.1. The molecule has 0 saturated carbocycles. The Morgan fingerprint density at radius 3 is 2.29 bits per heavy atom. The van der Waals surface area contributed by atoms with Crippen molar-refractivity contribution in [2.75, 3.05) is 0 Å². The molecule has 0 atom stereocenters. The summed E-state index contributed by atoms with van der Waals surface area (Å²) in [6.07, 6.45) is 0. The van der Waals surface area contributed by atoms with E-state index in [0.717, 1.165) is 11.1 Å². The van der Waals surface area contributed by atoms with Crippen LogP contribution in [0.15, 0.2) is 93.9 Å². The molecule has 1 aromatic heterocycles. The van der Waals surface area contributed by atoms with Crippen molar-refractivity contribution in [2.24, 2.45) is 10.2 Å². The van der Waals surface area contributed by atoms with Crippen molar-refractivity contribution in [1.29, 1.82) is 0 Å². The molecule has 156 valence electrons. The molecule has 1 heterocycles. The van der Waals surface area contributed by atoms with E-state index in [9.17, 15) is 14.9 Å². The van der Waals surface area contributed by atoms with Crippen molar-refractivity contribution in [3.8, 4) is 16.9 Å². The van der Waals surface area contributed by atoms with Crippen molar-refractivity contribution in [3.05, 3.63) is 105 Å². The number of hydrogen-bond donors (Lipinski definition) is 1. The first-order chi connectivity index (χ1) is 14.5. The molecule has 0 bridgehead atoms. The Morgan fingerprint density at radius 1 is 0.935 bits per heavy atom. The first-order valence-corrected chi connectivity index (χ1v) is 9.16. The predicted molar refractivity (Wildman–Crippen MR) is 121 cm³/mol. The molecule has 1 N–H and O–H groups in total. The van der Waals surface area contributed by atoms with Gasteiger partial charge in [0.2, 0.25) is 0 Å². The second-order valence-electron chi connectivity index (χ2n) is 6.65. The second-order valence-corrected chi connectivity index (χ2v) is 6.65. The van der Waals surface area contributed by atoms with Crippen LogP contribution in [0.3, 0.4) is 0 Å². The Hall–Kier alpha value is -4.04. The van der Waals surface area contributed by atoms with Crippen LogP contribution in [0.5, 0.6) is 0 Å². The van der Waals surface area contributed by atoms with Gasteiger partial charge in [-0.15, -0.1) is 17.5 Å². The number of benzene rings is 3. The molecule has 9 heteroatoms. The van der Waals surface area contributed by atoms with Gasteiger partial charge in [0.25, 0.3) is 11.2 Å². The van der Waals surface area contributed by atoms with Crippen molar-refractivity contribution >= 4 is 29.5 Å². The van der Waals surface area contributed by atoms with E-state index < -0.39 is 10.5 Å². The highest BCUT2D eigenvalue weighted by molar-refractivity contribution is 5.85. The average molecular weight is 436 g/mol. The summed E-state index contributed by atoms with van der Waals surface area (Å²) in [5.41, 5.74) is 3.10. The normalized spacial score (nSPS) is 10.7. The van der Waals surface area contributed by atoms with E-state index in [1.807, 2.05) is 55.5 Å². The Balaban J connectivity index is 0.00000272. The van der Waals surface area contributed by atoms with Crippen LogP contribution in [-0.2, 0) is 0 Å². The van der Waals surface area contributed by atoms with Crippen LogP contribution in [0.1, 0.15) is 5.56 Å². The number of aryl methyl sites for hydroxylation is 1. The Labute approximate surface area is 183 Å². The van der Waals surface area contributed by atoms with E-state index in [2.05, 4.69) is 15.3 Å². The maximum atomic E-state index is 13.1. The lowest BCUT2D eigenvalue weighted by Crippen LogP contribution is -2.13. The molecular formula is C22H18ClN5O3. The number of azo groups is 1. The lowest BCUT2D eigenvalue weighted by molar-refractivity contribution is -0.384. The van der Waals surface area contributed by atoms with Crippen LogP contribution in [0.2, 0.25) is 0 Å². The monoisotopic (exact) mass is 435 g/mol. The summed E-state index contributed by atoms with van der Waals surface area (Å²) in [5, 5.41) is 22.4. The summed E-state index contributed by atoms with van der Waals surface area (Å²) in [4.78, 5) is 23.5. The lowest BCUT2D eigenvalue weighted by Gasteiger charge is -2.01. The predicted octanol–water partition coefficient (Wildman–Crippen LogP) is 5.89. The molecule has 3 aromatic carbocycles. The van der Waals surface area contributed by atoms with E-state index >= 15 is 0 Å². The van der Waals surface area contributed by atoms with Gasteiger partial charge in [-0.25, -0.2) is 4.68 Å². The van der Waals surface area contributed by atoms with Gasteiger partial charge in [0.15, 0.2) is 5.69 Å². The number of halogens is 1. The van der Waals surface area contributed by atoms with Gasteiger partial charge < -0.3 is 0 Å². The third-order valence-electron chi connectivity index (χ3n) is 4.51. The zero-order chi connectivity index (χ0) is 21.1. The zero-order valence-electron chi connectivity index (χ0n) is 16.4. The minimum Gasteiger partial charge on any atom is -0.288 e. The number of nitrogens with one attached hydrogen (secondary N) is 1. The van der Waals surface area contributed by atoms with E-state index in [1.165, 1.54) is 28.9 Å². The SMILES string of the molecule is Cc1cccc(N=Nc2c(-c3ccccc3)[nH]n(-c3ccc([N+](=O)[O-])cc3)c2=O)c1.Cl. The summed E-state index contributed by atoms with van der Waals surface area (Å²) in [7, 11) is 0. The van der Waals surface area contributed by atoms with Crippen LogP contribution < -0.4 is 5.56 Å². The highest BCUT2D eigenvalue weighted by atomic mass is 35.5. The summed E-state index contributed by atoms with van der Waals surface area (Å²) >= 11 is 0.